The van der Waals surface area contributed by atoms with Gasteiger partial charge < -0.3 is 10.2 Å². The molecule has 3 aliphatic heterocycles. The fourth-order valence-corrected chi connectivity index (χ4v) is 5.19. The predicted octanol–water partition coefficient (Wildman–Crippen LogP) is 2.92. The molecule has 1 aromatic rings. The van der Waals surface area contributed by atoms with Gasteiger partial charge >= 0.3 is 6.03 Å². The van der Waals surface area contributed by atoms with Gasteiger partial charge in [-0.25, -0.2) is 9.69 Å². The molecule has 1 atom stereocenters. The molecule has 0 radical (unpaired) electrons. The van der Waals surface area contributed by atoms with Crippen molar-refractivity contribution in [2.75, 3.05) is 32.8 Å². The van der Waals surface area contributed by atoms with E-state index in [4.69, 9.17) is 0 Å². The molecule has 0 unspecified atom stereocenters. The van der Waals surface area contributed by atoms with Gasteiger partial charge in [-0.3, -0.25) is 14.5 Å². The molecule has 3 fully saturated rings. The van der Waals surface area contributed by atoms with E-state index in [2.05, 4.69) is 15.1 Å². The number of carbonyl (C=O) groups excluding carboxylic acids is 3. The third-order valence-electron chi connectivity index (χ3n) is 7.17. The highest BCUT2D eigenvalue weighted by Gasteiger charge is 2.51. The van der Waals surface area contributed by atoms with Crippen molar-refractivity contribution in [1.29, 1.82) is 0 Å². The van der Waals surface area contributed by atoms with Crippen LogP contribution < -0.4 is 5.32 Å². The molecular weight excluding hydrogens is 392 g/mol. The van der Waals surface area contributed by atoms with Crippen LogP contribution in [0.25, 0.3) is 0 Å². The Morgan fingerprint density at radius 2 is 1.65 bits per heavy atom. The third-order valence-corrected chi connectivity index (χ3v) is 7.17. The van der Waals surface area contributed by atoms with E-state index >= 15 is 0 Å². The molecule has 168 valence electrons. The zero-order valence-electron chi connectivity index (χ0n) is 18.5. The summed E-state index contributed by atoms with van der Waals surface area (Å²) in [5.74, 6) is 0.177. The number of amides is 4. The molecule has 31 heavy (non-hydrogen) atoms. The van der Waals surface area contributed by atoms with Gasteiger partial charge in [0.15, 0.2) is 0 Å². The van der Waals surface area contributed by atoms with E-state index in [9.17, 15) is 14.4 Å². The number of imide groups is 1. The quantitative estimate of drug-likeness (QED) is 0.735. The van der Waals surface area contributed by atoms with Crippen LogP contribution in [0.1, 0.15) is 57.4 Å². The first-order chi connectivity index (χ1) is 15.0. The minimum Gasteiger partial charge on any atom is -0.342 e. The molecule has 3 aliphatic rings. The van der Waals surface area contributed by atoms with Gasteiger partial charge in [-0.15, -0.1) is 0 Å². The highest BCUT2D eigenvalue weighted by Crippen LogP contribution is 2.33. The largest absolute Gasteiger partial charge is 0.342 e. The molecule has 0 spiro atoms. The van der Waals surface area contributed by atoms with Crippen LogP contribution in [0.15, 0.2) is 30.3 Å². The summed E-state index contributed by atoms with van der Waals surface area (Å²) < 4.78 is 0. The number of nitrogens with one attached hydrogen (secondary N) is 1. The summed E-state index contributed by atoms with van der Waals surface area (Å²) in [5.41, 5.74) is -0.167. The number of likely N-dealkylation sites (tertiary alicyclic amines) is 2. The van der Waals surface area contributed by atoms with Gasteiger partial charge in [0.2, 0.25) is 5.91 Å². The third kappa shape index (κ3) is 4.33. The van der Waals surface area contributed by atoms with E-state index in [1.165, 1.54) is 17.7 Å². The first-order valence-electron chi connectivity index (χ1n) is 11.8. The Labute approximate surface area is 184 Å². The summed E-state index contributed by atoms with van der Waals surface area (Å²) in [6.45, 7) is 5.44. The Balaban J connectivity index is 1.36. The van der Waals surface area contributed by atoms with Gasteiger partial charge in [-0.1, -0.05) is 50.1 Å². The van der Waals surface area contributed by atoms with E-state index in [-0.39, 0.29) is 24.5 Å². The molecule has 4 amide bonds. The topological polar surface area (TPSA) is 73.0 Å². The molecule has 0 aromatic heterocycles. The van der Waals surface area contributed by atoms with Gasteiger partial charge in [-0.05, 0) is 37.7 Å². The Hall–Kier alpha value is -2.41. The first-order valence-corrected chi connectivity index (χ1v) is 11.8. The number of rotatable bonds is 5. The molecule has 3 heterocycles. The second-order valence-corrected chi connectivity index (χ2v) is 9.06. The van der Waals surface area contributed by atoms with Crippen molar-refractivity contribution in [3.05, 3.63) is 35.9 Å². The van der Waals surface area contributed by atoms with Crippen LogP contribution in [0, 0.1) is 5.92 Å². The average Bonchev–Trinajstić information content (AvgIpc) is 2.99. The summed E-state index contributed by atoms with van der Waals surface area (Å²) in [4.78, 5) is 44.5. The second kappa shape index (κ2) is 9.39. The van der Waals surface area contributed by atoms with Crippen LogP contribution in [0.2, 0.25) is 0 Å². The maximum absolute atomic E-state index is 13.3. The lowest BCUT2D eigenvalue weighted by Crippen LogP contribution is -2.48. The number of carbonyl (C=O) groups is 3. The van der Waals surface area contributed by atoms with E-state index in [1.54, 1.807) is 0 Å². The maximum Gasteiger partial charge on any atom is 0.326 e. The van der Waals surface area contributed by atoms with Gasteiger partial charge in [0.1, 0.15) is 5.54 Å². The minimum absolute atomic E-state index is 0.0662. The standard InChI is InChI=1S/C24H34N4O3/c1-2-24(20-10-6-5-7-11-20)22(30)28(23(31)25-24)18-26-16-12-19(13-17-26)21(29)27-14-8-3-4-9-15-27/h5-7,10-11,19H,2-4,8-9,12-18H2,1H3,(H,25,31)/t24-/m1/s1. The SMILES string of the molecule is CC[C@]1(c2ccccc2)NC(=O)N(CN2CCC(C(=O)N3CCCCCC3)CC2)C1=O. The van der Waals surface area contributed by atoms with Crippen LogP contribution in [-0.2, 0) is 15.1 Å². The van der Waals surface area contributed by atoms with E-state index in [1.807, 2.05) is 37.3 Å². The summed E-state index contributed by atoms with van der Waals surface area (Å²) in [6.07, 6.45) is 6.74. The molecule has 1 aromatic carbocycles. The van der Waals surface area contributed by atoms with Crippen LogP contribution >= 0.6 is 0 Å². The molecule has 7 nitrogen and oxygen atoms in total. The highest BCUT2D eigenvalue weighted by molar-refractivity contribution is 6.07. The second-order valence-electron chi connectivity index (χ2n) is 9.06. The number of hydrogen-bond donors (Lipinski definition) is 1. The molecular formula is C24H34N4O3. The van der Waals surface area contributed by atoms with Crippen molar-refractivity contribution in [3.63, 3.8) is 0 Å². The summed E-state index contributed by atoms with van der Waals surface area (Å²) in [6, 6.07) is 9.14. The number of benzene rings is 1. The molecule has 0 saturated carbocycles. The van der Waals surface area contributed by atoms with Crippen LogP contribution in [0.5, 0.6) is 0 Å². The van der Waals surface area contributed by atoms with Crippen molar-refractivity contribution in [2.24, 2.45) is 5.92 Å². The van der Waals surface area contributed by atoms with E-state index in [0.29, 0.717) is 12.3 Å². The number of piperidine rings is 1. The van der Waals surface area contributed by atoms with Crippen LogP contribution in [-0.4, -0.2) is 65.4 Å². The van der Waals surface area contributed by atoms with Crippen molar-refractivity contribution in [3.8, 4) is 0 Å². The van der Waals surface area contributed by atoms with E-state index in [0.717, 1.165) is 57.4 Å². The molecule has 0 bridgehead atoms. The van der Waals surface area contributed by atoms with Crippen LogP contribution in [0.3, 0.4) is 0 Å². The fourth-order valence-electron chi connectivity index (χ4n) is 5.19. The van der Waals surface area contributed by atoms with Crippen LogP contribution in [0.4, 0.5) is 4.79 Å². The van der Waals surface area contributed by atoms with Gasteiger partial charge in [0.05, 0.1) is 6.67 Å². The summed E-state index contributed by atoms with van der Waals surface area (Å²) in [7, 11) is 0. The summed E-state index contributed by atoms with van der Waals surface area (Å²) >= 11 is 0. The zero-order chi connectivity index (χ0) is 21.8. The Morgan fingerprint density at radius 1 is 1.00 bits per heavy atom. The molecule has 4 rings (SSSR count). The number of nitrogens with zero attached hydrogens (tertiary/aromatic N) is 3. The smallest absolute Gasteiger partial charge is 0.326 e. The number of urea groups is 1. The Kier molecular flexibility index (Phi) is 6.60. The predicted molar refractivity (Wildman–Crippen MR) is 118 cm³/mol. The lowest BCUT2D eigenvalue weighted by Gasteiger charge is -2.35. The minimum atomic E-state index is -0.987. The monoisotopic (exact) mass is 426 g/mol. The maximum atomic E-state index is 13.3. The molecule has 3 saturated heterocycles. The molecule has 1 N–H and O–H groups in total. The Morgan fingerprint density at radius 3 is 2.26 bits per heavy atom. The zero-order valence-corrected chi connectivity index (χ0v) is 18.5. The van der Waals surface area contributed by atoms with Crippen molar-refractivity contribution in [1.82, 2.24) is 20.0 Å². The van der Waals surface area contributed by atoms with Crippen molar-refractivity contribution >= 4 is 17.8 Å². The van der Waals surface area contributed by atoms with Crippen molar-refractivity contribution < 1.29 is 14.4 Å². The molecule has 7 heteroatoms. The molecule has 0 aliphatic carbocycles. The van der Waals surface area contributed by atoms with Gasteiger partial charge in [-0.2, -0.15) is 0 Å². The summed E-state index contributed by atoms with van der Waals surface area (Å²) in [5, 5.41) is 2.95. The van der Waals surface area contributed by atoms with Gasteiger partial charge in [0, 0.05) is 32.1 Å². The highest BCUT2D eigenvalue weighted by atomic mass is 16.2. The Bertz CT molecular complexity index is 798. The normalized spacial score (nSPS) is 26.1. The average molecular weight is 427 g/mol. The number of hydrogen-bond acceptors (Lipinski definition) is 4. The fraction of sp³-hybridized carbons (Fsp3) is 0.625. The lowest BCUT2D eigenvalue weighted by atomic mass is 9.87. The van der Waals surface area contributed by atoms with Crippen molar-refractivity contribution in [2.45, 2.75) is 57.4 Å². The van der Waals surface area contributed by atoms with E-state index < -0.39 is 5.54 Å². The lowest BCUT2D eigenvalue weighted by molar-refractivity contribution is -0.138. The van der Waals surface area contributed by atoms with Gasteiger partial charge in [0.25, 0.3) is 5.91 Å². The first kappa shape index (κ1) is 21.8.